The minimum atomic E-state index is 0.193. The summed E-state index contributed by atoms with van der Waals surface area (Å²) >= 11 is 14.2. The number of halogens is 2. The van der Waals surface area contributed by atoms with Gasteiger partial charge >= 0.3 is 0 Å². The fraction of sp³-hybridized carbons (Fsp3) is 0.538. The molecular formula is C13H18Cl2N2S. The van der Waals surface area contributed by atoms with Crippen molar-refractivity contribution in [3.8, 4) is 0 Å². The number of nitrogens with zero attached hydrogens (tertiary/aromatic N) is 1. The Morgan fingerprint density at radius 3 is 2.89 bits per heavy atom. The molecule has 0 saturated carbocycles. The fourth-order valence-corrected chi connectivity index (χ4v) is 3.95. The van der Waals surface area contributed by atoms with Gasteiger partial charge in [-0.3, -0.25) is 4.90 Å². The van der Waals surface area contributed by atoms with E-state index in [9.17, 15) is 0 Å². The van der Waals surface area contributed by atoms with Crippen molar-refractivity contribution in [3.05, 3.63) is 33.8 Å². The van der Waals surface area contributed by atoms with Gasteiger partial charge in [0.15, 0.2) is 0 Å². The Hall–Kier alpha value is 0.0700. The van der Waals surface area contributed by atoms with Gasteiger partial charge in [-0.25, -0.2) is 0 Å². The van der Waals surface area contributed by atoms with Crippen molar-refractivity contribution in [3.63, 3.8) is 0 Å². The van der Waals surface area contributed by atoms with Gasteiger partial charge in [-0.1, -0.05) is 36.2 Å². The predicted octanol–water partition coefficient (Wildman–Crippen LogP) is 3.43. The zero-order valence-electron chi connectivity index (χ0n) is 10.4. The lowest BCUT2D eigenvalue weighted by Gasteiger charge is -2.37. The molecule has 1 aliphatic heterocycles. The summed E-state index contributed by atoms with van der Waals surface area (Å²) in [4.78, 5) is 2.43. The van der Waals surface area contributed by atoms with E-state index in [-0.39, 0.29) is 6.04 Å². The van der Waals surface area contributed by atoms with E-state index in [1.165, 1.54) is 0 Å². The molecule has 1 aliphatic rings. The van der Waals surface area contributed by atoms with Crippen LogP contribution in [-0.2, 0) is 0 Å². The molecule has 100 valence electrons. The van der Waals surface area contributed by atoms with Gasteiger partial charge < -0.3 is 5.73 Å². The Balaban J connectivity index is 2.21. The molecule has 1 aromatic carbocycles. The van der Waals surface area contributed by atoms with Crippen LogP contribution < -0.4 is 5.73 Å². The molecule has 2 rings (SSSR count). The van der Waals surface area contributed by atoms with Crippen LogP contribution in [-0.4, -0.2) is 35.5 Å². The summed E-state index contributed by atoms with van der Waals surface area (Å²) in [7, 11) is 0. The van der Waals surface area contributed by atoms with Crippen LogP contribution in [0, 0.1) is 0 Å². The third kappa shape index (κ3) is 3.34. The lowest BCUT2D eigenvalue weighted by Crippen LogP contribution is -2.42. The molecular weight excluding hydrogens is 287 g/mol. The molecule has 0 spiro atoms. The summed E-state index contributed by atoms with van der Waals surface area (Å²) in [5.41, 5.74) is 7.03. The maximum atomic E-state index is 6.29. The normalized spacial score (nSPS) is 23.0. The Morgan fingerprint density at radius 1 is 1.50 bits per heavy atom. The largest absolute Gasteiger partial charge is 0.329 e. The molecule has 0 radical (unpaired) electrons. The average molecular weight is 305 g/mol. The standard InChI is InChI=1S/C13H18Cl2N2S/c1-9-8-17(4-5-18-9)13(7-16)11-3-2-10(14)6-12(11)15/h2-3,6,9,13H,4-5,7-8,16H2,1H3. The maximum Gasteiger partial charge on any atom is 0.0486 e. The van der Waals surface area contributed by atoms with Crippen molar-refractivity contribution in [2.24, 2.45) is 5.73 Å². The topological polar surface area (TPSA) is 29.3 Å². The van der Waals surface area contributed by atoms with Crippen molar-refractivity contribution in [1.29, 1.82) is 0 Å². The summed E-state index contributed by atoms with van der Waals surface area (Å²) in [6.07, 6.45) is 0. The second kappa shape index (κ2) is 6.49. The highest BCUT2D eigenvalue weighted by molar-refractivity contribution is 7.99. The van der Waals surface area contributed by atoms with E-state index in [0.717, 1.165) is 24.4 Å². The highest BCUT2D eigenvalue weighted by atomic mass is 35.5. The summed E-state index contributed by atoms with van der Waals surface area (Å²) in [6, 6.07) is 5.86. The summed E-state index contributed by atoms with van der Waals surface area (Å²) < 4.78 is 0. The first-order valence-corrected chi connectivity index (χ1v) is 7.93. The molecule has 1 heterocycles. The second-order valence-corrected chi connectivity index (χ2v) is 6.98. The first-order chi connectivity index (χ1) is 8.61. The zero-order valence-corrected chi connectivity index (χ0v) is 12.7. The van der Waals surface area contributed by atoms with Crippen LogP contribution in [0.25, 0.3) is 0 Å². The van der Waals surface area contributed by atoms with E-state index in [1.807, 2.05) is 23.9 Å². The molecule has 0 aromatic heterocycles. The van der Waals surface area contributed by atoms with Crippen molar-refractivity contribution in [2.45, 2.75) is 18.2 Å². The quantitative estimate of drug-likeness (QED) is 0.927. The molecule has 0 amide bonds. The molecule has 1 fully saturated rings. The van der Waals surface area contributed by atoms with Gasteiger partial charge in [-0.05, 0) is 17.7 Å². The van der Waals surface area contributed by atoms with Crippen LogP contribution in [0.5, 0.6) is 0 Å². The van der Waals surface area contributed by atoms with E-state index >= 15 is 0 Å². The number of rotatable bonds is 3. The minimum absolute atomic E-state index is 0.193. The lowest BCUT2D eigenvalue weighted by molar-refractivity contribution is 0.211. The summed E-state index contributed by atoms with van der Waals surface area (Å²) in [5.74, 6) is 1.16. The zero-order chi connectivity index (χ0) is 13.1. The van der Waals surface area contributed by atoms with Crippen molar-refractivity contribution >= 4 is 35.0 Å². The van der Waals surface area contributed by atoms with Crippen LogP contribution in [0.15, 0.2) is 18.2 Å². The molecule has 2 N–H and O–H groups in total. The van der Waals surface area contributed by atoms with E-state index in [1.54, 1.807) is 6.07 Å². The summed E-state index contributed by atoms with van der Waals surface area (Å²) in [6.45, 7) is 4.97. The Kier molecular flexibility index (Phi) is 5.22. The monoisotopic (exact) mass is 304 g/mol. The molecule has 2 unspecified atom stereocenters. The SMILES string of the molecule is CC1CN(C(CN)c2ccc(Cl)cc2Cl)CCS1. The van der Waals surface area contributed by atoms with Crippen molar-refractivity contribution < 1.29 is 0 Å². The third-order valence-electron chi connectivity index (χ3n) is 3.26. The molecule has 0 aliphatic carbocycles. The average Bonchev–Trinajstić information content (AvgIpc) is 2.33. The van der Waals surface area contributed by atoms with Gasteiger partial charge in [0.05, 0.1) is 0 Å². The van der Waals surface area contributed by atoms with Crippen LogP contribution in [0.2, 0.25) is 10.0 Å². The molecule has 18 heavy (non-hydrogen) atoms. The second-order valence-electron chi connectivity index (χ2n) is 4.59. The predicted molar refractivity (Wildman–Crippen MR) is 81.8 cm³/mol. The number of nitrogens with two attached hydrogens (primary N) is 1. The third-order valence-corrected chi connectivity index (χ3v) is 4.96. The molecule has 2 atom stereocenters. The van der Waals surface area contributed by atoms with Crippen molar-refractivity contribution in [2.75, 3.05) is 25.4 Å². The van der Waals surface area contributed by atoms with Gasteiger partial charge in [0.1, 0.15) is 0 Å². The Bertz CT molecular complexity index is 414. The Labute approximate surface area is 123 Å². The van der Waals surface area contributed by atoms with E-state index in [0.29, 0.717) is 21.8 Å². The van der Waals surface area contributed by atoms with E-state index in [4.69, 9.17) is 28.9 Å². The lowest BCUT2D eigenvalue weighted by atomic mass is 10.0. The van der Waals surface area contributed by atoms with Gasteiger partial charge in [-0.2, -0.15) is 11.8 Å². The first-order valence-electron chi connectivity index (χ1n) is 6.12. The number of hydrogen-bond acceptors (Lipinski definition) is 3. The van der Waals surface area contributed by atoms with Gasteiger partial charge in [0.2, 0.25) is 0 Å². The maximum absolute atomic E-state index is 6.29. The molecule has 2 nitrogen and oxygen atoms in total. The van der Waals surface area contributed by atoms with Crippen LogP contribution in [0.1, 0.15) is 18.5 Å². The minimum Gasteiger partial charge on any atom is -0.329 e. The van der Waals surface area contributed by atoms with Crippen LogP contribution in [0.3, 0.4) is 0 Å². The Morgan fingerprint density at radius 2 is 2.28 bits per heavy atom. The van der Waals surface area contributed by atoms with Gasteiger partial charge in [-0.15, -0.1) is 0 Å². The van der Waals surface area contributed by atoms with Crippen molar-refractivity contribution in [1.82, 2.24) is 4.90 Å². The number of hydrogen-bond donors (Lipinski definition) is 1. The van der Waals surface area contributed by atoms with Gasteiger partial charge in [0.25, 0.3) is 0 Å². The number of benzene rings is 1. The van der Waals surface area contributed by atoms with E-state index < -0.39 is 0 Å². The molecule has 1 saturated heterocycles. The first kappa shape index (κ1) is 14.5. The van der Waals surface area contributed by atoms with E-state index in [2.05, 4.69) is 11.8 Å². The fourth-order valence-electron chi connectivity index (χ4n) is 2.37. The molecule has 1 aromatic rings. The highest BCUT2D eigenvalue weighted by Gasteiger charge is 2.25. The number of thioether (sulfide) groups is 1. The smallest absolute Gasteiger partial charge is 0.0486 e. The molecule has 0 bridgehead atoms. The van der Waals surface area contributed by atoms with Crippen LogP contribution >= 0.6 is 35.0 Å². The highest BCUT2D eigenvalue weighted by Crippen LogP contribution is 2.32. The summed E-state index contributed by atoms with van der Waals surface area (Å²) in [5, 5.41) is 2.03. The molecule has 5 heteroatoms. The van der Waals surface area contributed by atoms with Crippen LogP contribution in [0.4, 0.5) is 0 Å². The van der Waals surface area contributed by atoms with Gasteiger partial charge in [0, 0.05) is 46.7 Å².